The van der Waals surface area contributed by atoms with Gasteiger partial charge in [-0.1, -0.05) is 24.3 Å². The van der Waals surface area contributed by atoms with Crippen LogP contribution in [0, 0.1) is 6.92 Å². The smallest absolute Gasteiger partial charge is 0.145 e. The number of fused-ring (bicyclic) bond motifs is 2. The number of hydrogen-bond donors (Lipinski definition) is 0. The molecule has 0 saturated heterocycles. The van der Waals surface area contributed by atoms with Gasteiger partial charge in [0.25, 0.3) is 0 Å². The molecule has 4 heteroatoms. The maximum atomic E-state index is 5.40. The molecule has 0 N–H and O–H groups in total. The molecular formula is C17H16N2OS. The molecule has 21 heavy (non-hydrogen) atoms. The molecule has 0 fully saturated rings. The van der Waals surface area contributed by atoms with Crippen molar-refractivity contribution in [2.45, 2.75) is 13.8 Å². The third-order valence-electron chi connectivity index (χ3n) is 3.01. The SMILES string of the molecule is CC1=Nc2ccccc2OC1.Cc1nc2ccccc2s1. The Kier molecular flexibility index (Phi) is 3.97. The van der Waals surface area contributed by atoms with E-state index >= 15 is 0 Å². The summed E-state index contributed by atoms with van der Waals surface area (Å²) in [6.07, 6.45) is 0. The molecule has 0 atom stereocenters. The third kappa shape index (κ3) is 3.28. The van der Waals surface area contributed by atoms with Crippen LogP contribution >= 0.6 is 11.3 Å². The highest BCUT2D eigenvalue weighted by Gasteiger charge is 2.07. The Bertz CT molecular complexity index is 759. The van der Waals surface area contributed by atoms with Crippen LogP contribution in [-0.4, -0.2) is 17.3 Å². The Labute approximate surface area is 127 Å². The fourth-order valence-corrected chi connectivity index (χ4v) is 2.91. The van der Waals surface area contributed by atoms with Gasteiger partial charge < -0.3 is 4.74 Å². The number of para-hydroxylation sites is 3. The summed E-state index contributed by atoms with van der Waals surface area (Å²) < 4.78 is 6.68. The van der Waals surface area contributed by atoms with Gasteiger partial charge in [0.2, 0.25) is 0 Å². The van der Waals surface area contributed by atoms with Crippen molar-refractivity contribution < 1.29 is 4.74 Å². The van der Waals surface area contributed by atoms with Gasteiger partial charge in [0.15, 0.2) is 0 Å². The molecule has 106 valence electrons. The zero-order chi connectivity index (χ0) is 14.7. The van der Waals surface area contributed by atoms with Crippen LogP contribution in [0.5, 0.6) is 5.75 Å². The highest BCUT2D eigenvalue weighted by molar-refractivity contribution is 7.18. The number of aliphatic imine (C=N–C) groups is 1. The van der Waals surface area contributed by atoms with E-state index in [2.05, 4.69) is 16.0 Å². The predicted molar refractivity (Wildman–Crippen MR) is 89.1 cm³/mol. The summed E-state index contributed by atoms with van der Waals surface area (Å²) in [6.45, 7) is 4.62. The molecule has 0 spiro atoms. The predicted octanol–water partition coefficient (Wildman–Crippen LogP) is 4.78. The molecule has 2 aromatic carbocycles. The Balaban J connectivity index is 0.000000126. The Morgan fingerprint density at radius 2 is 1.76 bits per heavy atom. The minimum atomic E-state index is 0.622. The van der Waals surface area contributed by atoms with Gasteiger partial charge in [0.1, 0.15) is 18.0 Å². The number of thiazole rings is 1. The molecule has 0 aliphatic carbocycles. The van der Waals surface area contributed by atoms with E-state index < -0.39 is 0 Å². The quantitative estimate of drug-likeness (QED) is 0.598. The summed E-state index contributed by atoms with van der Waals surface area (Å²) in [5, 5.41) is 1.14. The standard InChI is InChI=1S/C9H9NO.C8H7NS/c1-7-6-11-9-5-3-2-4-8(9)10-7;1-6-9-7-4-2-3-5-8(7)10-6/h2-5H,6H2,1H3;2-5H,1H3. The lowest BCUT2D eigenvalue weighted by Gasteiger charge is -2.13. The molecule has 0 bridgehead atoms. The molecule has 1 aliphatic heterocycles. The molecule has 0 amide bonds. The molecule has 2 heterocycles. The minimum absolute atomic E-state index is 0.622. The number of rotatable bonds is 0. The van der Waals surface area contributed by atoms with E-state index in [9.17, 15) is 0 Å². The normalized spacial score (nSPS) is 12.8. The maximum absolute atomic E-state index is 5.40. The first-order chi connectivity index (χ1) is 10.2. The number of aromatic nitrogens is 1. The number of aryl methyl sites for hydroxylation is 1. The van der Waals surface area contributed by atoms with E-state index in [1.165, 1.54) is 4.70 Å². The fourth-order valence-electron chi connectivity index (χ4n) is 2.08. The van der Waals surface area contributed by atoms with Gasteiger partial charge in [-0.2, -0.15) is 0 Å². The Hall–Kier alpha value is -2.20. The zero-order valence-corrected chi connectivity index (χ0v) is 12.9. The average molecular weight is 296 g/mol. The molecular weight excluding hydrogens is 280 g/mol. The maximum Gasteiger partial charge on any atom is 0.145 e. The van der Waals surface area contributed by atoms with Gasteiger partial charge in [-0.3, -0.25) is 4.99 Å². The monoisotopic (exact) mass is 296 g/mol. The van der Waals surface area contributed by atoms with E-state index in [1.54, 1.807) is 11.3 Å². The van der Waals surface area contributed by atoms with Crippen molar-refractivity contribution in [2.24, 2.45) is 4.99 Å². The number of benzene rings is 2. The highest BCUT2D eigenvalue weighted by atomic mass is 32.1. The molecule has 1 aliphatic rings. The van der Waals surface area contributed by atoms with Crippen LogP contribution in [0.4, 0.5) is 5.69 Å². The summed E-state index contributed by atoms with van der Waals surface area (Å²) >= 11 is 1.74. The lowest BCUT2D eigenvalue weighted by Crippen LogP contribution is -2.10. The van der Waals surface area contributed by atoms with Crippen molar-refractivity contribution in [3.8, 4) is 5.75 Å². The minimum Gasteiger partial charge on any atom is -0.485 e. The summed E-state index contributed by atoms with van der Waals surface area (Å²) in [4.78, 5) is 8.67. The van der Waals surface area contributed by atoms with Gasteiger partial charge >= 0.3 is 0 Å². The van der Waals surface area contributed by atoms with Gasteiger partial charge in [0.05, 0.1) is 20.9 Å². The third-order valence-corrected chi connectivity index (χ3v) is 3.97. The Morgan fingerprint density at radius 1 is 1.00 bits per heavy atom. The van der Waals surface area contributed by atoms with Crippen LogP contribution in [0.3, 0.4) is 0 Å². The van der Waals surface area contributed by atoms with Gasteiger partial charge in [-0.25, -0.2) is 4.98 Å². The van der Waals surface area contributed by atoms with Crippen LogP contribution < -0.4 is 4.74 Å². The number of nitrogens with zero attached hydrogens (tertiary/aromatic N) is 2. The van der Waals surface area contributed by atoms with Crippen LogP contribution in [0.1, 0.15) is 11.9 Å². The molecule has 1 aromatic heterocycles. The fraction of sp³-hybridized carbons (Fsp3) is 0.176. The van der Waals surface area contributed by atoms with Crippen LogP contribution in [0.15, 0.2) is 53.5 Å². The average Bonchev–Trinajstić information content (AvgIpc) is 2.88. The lowest BCUT2D eigenvalue weighted by atomic mass is 10.2. The molecule has 0 saturated carbocycles. The summed E-state index contributed by atoms with van der Waals surface area (Å²) in [5.74, 6) is 0.887. The molecule has 3 nitrogen and oxygen atoms in total. The van der Waals surface area contributed by atoms with Crippen molar-refractivity contribution in [1.82, 2.24) is 4.98 Å². The van der Waals surface area contributed by atoms with E-state index in [-0.39, 0.29) is 0 Å². The van der Waals surface area contributed by atoms with Crippen molar-refractivity contribution in [3.63, 3.8) is 0 Å². The zero-order valence-electron chi connectivity index (χ0n) is 12.0. The van der Waals surface area contributed by atoms with Crippen molar-refractivity contribution in [1.29, 1.82) is 0 Å². The van der Waals surface area contributed by atoms with E-state index in [1.807, 2.05) is 56.3 Å². The summed E-state index contributed by atoms with van der Waals surface area (Å²) in [5.41, 5.74) is 3.09. The highest BCUT2D eigenvalue weighted by Crippen LogP contribution is 2.29. The second-order valence-electron chi connectivity index (χ2n) is 4.80. The van der Waals surface area contributed by atoms with E-state index in [0.29, 0.717) is 6.61 Å². The van der Waals surface area contributed by atoms with Crippen molar-refractivity contribution in [2.75, 3.05) is 6.61 Å². The van der Waals surface area contributed by atoms with Gasteiger partial charge in [0, 0.05) is 0 Å². The van der Waals surface area contributed by atoms with Crippen molar-refractivity contribution >= 4 is 33.0 Å². The summed E-state index contributed by atoms with van der Waals surface area (Å²) in [7, 11) is 0. The van der Waals surface area contributed by atoms with E-state index in [0.717, 1.165) is 27.7 Å². The molecule has 4 rings (SSSR count). The topological polar surface area (TPSA) is 34.5 Å². The summed E-state index contributed by atoms with van der Waals surface area (Å²) in [6, 6.07) is 16.0. The second-order valence-corrected chi connectivity index (χ2v) is 6.04. The van der Waals surface area contributed by atoms with Gasteiger partial charge in [-0.15, -0.1) is 11.3 Å². The van der Waals surface area contributed by atoms with Crippen LogP contribution in [0.2, 0.25) is 0 Å². The first-order valence-electron chi connectivity index (χ1n) is 6.80. The second kappa shape index (κ2) is 6.06. The Morgan fingerprint density at radius 3 is 2.62 bits per heavy atom. The molecule has 3 aromatic rings. The van der Waals surface area contributed by atoms with E-state index in [4.69, 9.17) is 4.74 Å². The number of hydrogen-bond acceptors (Lipinski definition) is 4. The van der Waals surface area contributed by atoms with Crippen LogP contribution in [-0.2, 0) is 0 Å². The first-order valence-corrected chi connectivity index (χ1v) is 7.62. The molecule has 0 unspecified atom stereocenters. The van der Waals surface area contributed by atoms with Gasteiger partial charge in [-0.05, 0) is 38.1 Å². The van der Waals surface area contributed by atoms with Crippen molar-refractivity contribution in [3.05, 3.63) is 53.5 Å². The largest absolute Gasteiger partial charge is 0.485 e. The molecule has 0 radical (unpaired) electrons. The lowest BCUT2D eigenvalue weighted by molar-refractivity contribution is 0.372. The van der Waals surface area contributed by atoms with Crippen LogP contribution in [0.25, 0.3) is 10.2 Å². The first kappa shape index (κ1) is 13.8. The number of ether oxygens (including phenoxy) is 1.